The molecule has 1 aliphatic rings. The first-order chi connectivity index (χ1) is 11.9. The Bertz CT molecular complexity index is 401. The van der Waals surface area contributed by atoms with Crippen molar-refractivity contribution < 1.29 is 9.53 Å². The zero-order chi connectivity index (χ0) is 18.5. The Kier molecular flexibility index (Phi) is 10.3. The van der Waals surface area contributed by atoms with Gasteiger partial charge in [0.05, 0.1) is 0 Å². The fourth-order valence-corrected chi connectivity index (χ4v) is 2.65. The van der Waals surface area contributed by atoms with E-state index in [1.54, 1.807) is 0 Å². The molecule has 0 unspecified atom stereocenters. The zero-order valence-corrected chi connectivity index (χ0v) is 16.5. The summed E-state index contributed by atoms with van der Waals surface area (Å²) < 4.78 is 5.20. The van der Waals surface area contributed by atoms with E-state index in [0.29, 0.717) is 13.1 Å². The highest BCUT2D eigenvalue weighted by molar-refractivity contribution is 5.79. The van der Waals surface area contributed by atoms with Gasteiger partial charge in [-0.25, -0.2) is 4.79 Å². The van der Waals surface area contributed by atoms with E-state index in [1.807, 2.05) is 27.7 Å². The molecule has 3 N–H and O–H groups in total. The minimum Gasteiger partial charge on any atom is -0.444 e. The number of amides is 1. The van der Waals surface area contributed by atoms with Gasteiger partial charge in [0.15, 0.2) is 5.96 Å². The van der Waals surface area contributed by atoms with Gasteiger partial charge in [0.2, 0.25) is 0 Å². The van der Waals surface area contributed by atoms with Crippen LogP contribution in [0.25, 0.3) is 0 Å². The Morgan fingerprint density at radius 1 is 1.08 bits per heavy atom. The second kappa shape index (κ2) is 12.0. The van der Waals surface area contributed by atoms with Crippen molar-refractivity contribution in [2.75, 3.05) is 45.8 Å². The van der Waals surface area contributed by atoms with Gasteiger partial charge in [-0.1, -0.05) is 0 Å². The van der Waals surface area contributed by atoms with Crippen LogP contribution >= 0.6 is 0 Å². The molecule has 7 nitrogen and oxygen atoms in total. The minimum atomic E-state index is -0.469. The Hall–Kier alpha value is -1.50. The Balaban J connectivity index is 2.13. The Morgan fingerprint density at radius 2 is 1.76 bits per heavy atom. The maximum atomic E-state index is 11.6. The Morgan fingerprint density at radius 3 is 2.40 bits per heavy atom. The van der Waals surface area contributed by atoms with Crippen LogP contribution in [0.4, 0.5) is 4.79 Å². The van der Waals surface area contributed by atoms with E-state index < -0.39 is 11.7 Å². The number of ether oxygens (including phenoxy) is 1. The van der Waals surface area contributed by atoms with Crippen LogP contribution in [0, 0.1) is 0 Å². The summed E-state index contributed by atoms with van der Waals surface area (Å²) in [5.74, 6) is 0.801. The maximum absolute atomic E-state index is 11.6. The number of aliphatic imine (C=N–C) groups is 1. The number of alkyl carbamates (subject to hydrolysis) is 1. The second-order valence-corrected chi connectivity index (χ2v) is 7.37. The first kappa shape index (κ1) is 21.5. The minimum absolute atomic E-state index is 0.391. The maximum Gasteiger partial charge on any atom is 0.407 e. The molecule has 0 aromatic heterocycles. The summed E-state index contributed by atoms with van der Waals surface area (Å²) in [5.41, 5.74) is -0.469. The van der Waals surface area contributed by atoms with E-state index in [4.69, 9.17) is 4.74 Å². The summed E-state index contributed by atoms with van der Waals surface area (Å²) in [6.45, 7) is 14.1. The van der Waals surface area contributed by atoms with E-state index in [0.717, 1.165) is 25.5 Å². The third kappa shape index (κ3) is 11.6. The van der Waals surface area contributed by atoms with Gasteiger partial charge in [0.25, 0.3) is 0 Å². The molecule has 1 heterocycles. The number of nitrogens with zero attached hydrogens (tertiary/aromatic N) is 2. The highest BCUT2D eigenvalue weighted by Crippen LogP contribution is 2.08. The molecule has 0 saturated carbocycles. The molecule has 1 amide bonds. The number of nitrogens with one attached hydrogen (secondary N) is 3. The molecule has 0 aromatic rings. The molecule has 7 heteroatoms. The van der Waals surface area contributed by atoms with E-state index in [-0.39, 0.29) is 0 Å². The average molecular weight is 356 g/mol. The van der Waals surface area contributed by atoms with E-state index in [1.165, 1.54) is 38.9 Å². The number of likely N-dealkylation sites (tertiary alicyclic amines) is 1. The first-order valence-corrected chi connectivity index (χ1v) is 9.62. The molecule has 25 heavy (non-hydrogen) atoms. The van der Waals surface area contributed by atoms with Crippen molar-refractivity contribution in [1.29, 1.82) is 0 Å². The summed E-state index contributed by atoms with van der Waals surface area (Å²) in [5, 5.41) is 9.19. The molecule has 1 rings (SSSR count). The van der Waals surface area contributed by atoms with Crippen molar-refractivity contribution in [3.8, 4) is 0 Å². The lowest BCUT2D eigenvalue weighted by atomic mass is 10.2. The van der Waals surface area contributed by atoms with Crippen LogP contribution in [0.3, 0.4) is 0 Å². The van der Waals surface area contributed by atoms with Gasteiger partial charge in [-0.05, 0) is 73.0 Å². The van der Waals surface area contributed by atoms with Gasteiger partial charge in [0.1, 0.15) is 5.60 Å². The van der Waals surface area contributed by atoms with Crippen molar-refractivity contribution in [2.24, 2.45) is 4.99 Å². The van der Waals surface area contributed by atoms with Crippen molar-refractivity contribution in [3.63, 3.8) is 0 Å². The van der Waals surface area contributed by atoms with Crippen LogP contribution in [0.2, 0.25) is 0 Å². The molecular formula is C18H37N5O2. The van der Waals surface area contributed by atoms with E-state index in [2.05, 4.69) is 25.8 Å². The molecule has 0 spiro atoms. The lowest BCUT2D eigenvalue weighted by Gasteiger charge is -2.20. The molecule has 1 saturated heterocycles. The number of carbonyl (C=O) groups excluding carboxylic acids is 1. The summed E-state index contributed by atoms with van der Waals surface area (Å²) in [4.78, 5) is 18.7. The van der Waals surface area contributed by atoms with Crippen LogP contribution in [0.5, 0.6) is 0 Å². The van der Waals surface area contributed by atoms with Crippen molar-refractivity contribution in [3.05, 3.63) is 0 Å². The quantitative estimate of drug-likeness (QED) is 0.335. The third-order valence-corrected chi connectivity index (χ3v) is 3.78. The molecule has 146 valence electrons. The molecule has 0 radical (unpaired) electrons. The molecule has 0 aromatic carbocycles. The normalized spacial score (nSPS) is 15.9. The largest absolute Gasteiger partial charge is 0.444 e. The molecule has 0 atom stereocenters. The van der Waals surface area contributed by atoms with Gasteiger partial charge in [-0.15, -0.1) is 0 Å². The molecular weight excluding hydrogens is 318 g/mol. The highest BCUT2D eigenvalue weighted by atomic mass is 16.6. The monoisotopic (exact) mass is 355 g/mol. The van der Waals surface area contributed by atoms with Gasteiger partial charge >= 0.3 is 6.09 Å². The summed E-state index contributed by atoms with van der Waals surface area (Å²) in [7, 11) is 0. The molecule has 0 aliphatic carbocycles. The van der Waals surface area contributed by atoms with Crippen LogP contribution in [-0.2, 0) is 4.74 Å². The van der Waals surface area contributed by atoms with Crippen LogP contribution < -0.4 is 16.0 Å². The van der Waals surface area contributed by atoms with Gasteiger partial charge in [-0.3, -0.25) is 4.99 Å². The SMILES string of the molecule is CCNC(=NCCCCN1CCCC1)NCCNC(=O)OC(C)(C)C. The topological polar surface area (TPSA) is 78.0 Å². The predicted molar refractivity (Wildman–Crippen MR) is 103 cm³/mol. The van der Waals surface area contributed by atoms with Gasteiger partial charge in [0, 0.05) is 26.2 Å². The van der Waals surface area contributed by atoms with Crippen molar-refractivity contribution >= 4 is 12.1 Å². The van der Waals surface area contributed by atoms with Crippen molar-refractivity contribution in [2.45, 2.75) is 59.0 Å². The first-order valence-electron chi connectivity index (χ1n) is 9.62. The van der Waals surface area contributed by atoms with E-state index in [9.17, 15) is 4.79 Å². The van der Waals surface area contributed by atoms with Gasteiger partial charge < -0.3 is 25.6 Å². The Labute approximate surface area is 153 Å². The number of guanidine groups is 1. The standard InChI is InChI=1S/C18H37N5O2/c1-5-19-16(20-10-6-7-13-23-14-8-9-15-23)21-11-12-22-17(24)25-18(2,3)4/h5-15H2,1-4H3,(H,22,24)(H2,19,20,21). The summed E-state index contributed by atoms with van der Waals surface area (Å²) in [6, 6.07) is 0. The lowest BCUT2D eigenvalue weighted by Crippen LogP contribution is -2.42. The zero-order valence-electron chi connectivity index (χ0n) is 16.5. The number of hydrogen-bond acceptors (Lipinski definition) is 4. The summed E-state index contributed by atoms with van der Waals surface area (Å²) in [6.07, 6.45) is 4.61. The average Bonchev–Trinajstić information content (AvgIpc) is 3.02. The van der Waals surface area contributed by atoms with E-state index >= 15 is 0 Å². The fraction of sp³-hybridized carbons (Fsp3) is 0.889. The predicted octanol–water partition coefficient (Wildman–Crippen LogP) is 1.94. The highest BCUT2D eigenvalue weighted by Gasteiger charge is 2.15. The van der Waals surface area contributed by atoms with Gasteiger partial charge in [-0.2, -0.15) is 0 Å². The molecule has 1 fully saturated rings. The molecule has 1 aliphatic heterocycles. The fourth-order valence-electron chi connectivity index (χ4n) is 2.65. The number of hydrogen-bond donors (Lipinski definition) is 3. The number of unbranched alkanes of at least 4 members (excludes halogenated alkanes) is 1. The molecule has 0 bridgehead atoms. The summed E-state index contributed by atoms with van der Waals surface area (Å²) >= 11 is 0. The third-order valence-electron chi connectivity index (χ3n) is 3.78. The second-order valence-electron chi connectivity index (χ2n) is 7.37. The number of rotatable bonds is 9. The van der Waals surface area contributed by atoms with Crippen LogP contribution in [0.1, 0.15) is 53.4 Å². The smallest absolute Gasteiger partial charge is 0.407 e. The van der Waals surface area contributed by atoms with Crippen LogP contribution in [0.15, 0.2) is 4.99 Å². The van der Waals surface area contributed by atoms with Crippen molar-refractivity contribution in [1.82, 2.24) is 20.9 Å². The lowest BCUT2D eigenvalue weighted by molar-refractivity contribution is 0.0529. The number of carbonyl (C=O) groups is 1. The van der Waals surface area contributed by atoms with Crippen LogP contribution in [-0.4, -0.2) is 68.4 Å².